The first kappa shape index (κ1) is 23.0. The summed E-state index contributed by atoms with van der Waals surface area (Å²) in [6.07, 6.45) is 6.22. The van der Waals surface area contributed by atoms with Crippen molar-refractivity contribution in [2.45, 2.75) is 71.0 Å². The first-order chi connectivity index (χ1) is 9.79. The Kier molecular flexibility index (Phi) is 9.44. The highest BCUT2D eigenvalue weighted by Crippen LogP contribution is 2.33. The van der Waals surface area contributed by atoms with Crippen LogP contribution in [0, 0.1) is 11.3 Å². The number of nitrogens with one attached hydrogen (secondary N) is 2. The summed E-state index contributed by atoms with van der Waals surface area (Å²) in [5.41, 5.74) is 0.0739. The highest BCUT2D eigenvalue weighted by Gasteiger charge is 2.39. The van der Waals surface area contributed by atoms with E-state index in [1.165, 1.54) is 25.7 Å². The van der Waals surface area contributed by atoms with Crippen molar-refractivity contribution in [3.63, 3.8) is 0 Å². The molecule has 2 N–H and O–H groups in total. The van der Waals surface area contributed by atoms with Crippen LogP contribution in [0.1, 0.15) is 52.9 Å². The van der Waals surface area contributed by atoms with Crippen LogP contribution in [0.2, 0.25) is 0 Å². The van der Waals surface area contributed by atoms with Crippen LogP contribution in [0.25, 0.3) is 0 Å². The summed E-state index contributed by atoms with van der Waals surface area (Å²) in [5, 5.41) is 6.82. The number of rotatable bonds is 5. The lowest BCUT2D eigenvalue weighted by Gasteiger charge is -2.35. The molecule has 0 aromatic carbocycles. The standard InChI is InChI=1S/C17H33N3O.2ClH/c1-12(17(2,3)11-20(4)5)18-16(21)15-10-13-8-6-7-9-14(13)19-15;;/h12-15,19H,6-11H2,1-5H3,(H,18,21);2*1H. The van der Waals surface area contributed by atoms with Gasteiger partial charge in [-0.3, -0.25) is 4.79 Å². The molecule has 1 saturated carbocycles. The van der Waals surface area contributed by atoms with Crippen LogP contribution in [0.4, 0.5) is 0 Å². The van der Waals surface area contributed by atoms with Gasteiger partial charge in [-0.2, -0.15) is 0 Å². The largest absolute Gasteiger partial charge is 0.352 e. The number of hydrogen-bond donors (Lipinski definition) is 2. The fraction of sp³-hybridized carbons (Fsp3) is 0.941. The molecule has 1 amide bonds. The number of amides is 1. The third kappa shape index (κ3) is 6.08. The molecule has 0 aromatic rings. The summed E-state index contributed by atoms with van der Waals surface area (Å²) in [5.74, 6) is 0.920. The molecule has 1 aliphatic carbocycles. The van der Waals surface area contributed by atoms with E-state index in [2.05, 4.69) is 50.4 Å². The molecule has 4 unspecified atom stereocenters. The van der Waals surface area contributed by atoms with Gasteiger partial charge in [-0.25, -0.2) is 0 Å². The number of carbonyl (C=O) groups excluding carboxylic acids is 1. The SMILES string of the molecule is CC(NC(=O)C1CC2CCCCC2N1)C(C)(C)CN(C)C.Cl.Cl. The van der Waals surface area contributed by atoms with Crippen LogP contribution >= 0.6 is 24.8 Å². The zero-order valence-electron chi connectivity index (χ0n) is 15.2. The van der Waals surface area contributed by atoms with E-state index in [1.807, 2.05) is 0 Å². The van der Waals surface area contributed by atoms with Gasteiger partial charge in [0.2, 0.25) is 5.91 Å². The Bertz CT molecular complexity index is 363. The zero-order valence-corrected chi connectivity index (χ0v) is 16.9. The van der Waals surface area contributed by atoms with Crippen molar-refractivity contribution in [1.82, 2.24) is 15.5 Å². The molecule has 23 heavy (non-hydrogen) atoms. The first-order valence-corrected chi connectivity index (χ1v) is 8.51. The second-order valence-electron chi connectivity index (χ2n) is 8.06. The van der Waals surface area contributed by atoms with E-state index in [4.69, 9.17) is 0 Å². The molecule has 4 atom stereocenters. The molecular formula is C17H35Cl2N3O. The van der Waals surface area contributed by atoms with E-state index in [0.717, 1.165) is 18.9 Å². The zero-order chi connectivity index (χ0) is 15.6. The lowest BCUT2D eigenvalue weighted by molar-refractivity contribution is -0.124. The summed E-state index contributed by atoms with van der Waals surface area (Å²) in [6, 6.07) is 0.784. The molecule has 1 saturated heterocycles. The fourth-order valence-corrected chi connectivity index (χ4v) is 3.98. The summed E-state index contributed by atoms with van der Waals surface area (Å²) in [6.45, 7) is 7.54. The Morgan fingerprint density at radius 3 is 2.43 bits per heavy atom. The molecule has 2 rings (SSSR count). The van der Waals surface area contributed by atoms with Gasteiger partial charge in [0, 0.05) is 18.6 Å². The molecule has 0 bridgehead atoms. The van der Waals surface area contributed by atoms with Gasteiger partial charge in [-0.15, -0.1) is 24.8 Å². The van der Waals surface area contributed by atoms with E-state index in [0.29, 0.717) is 6.04 Å². The van der Waals surface area contributed by atoms with E-state index in [1.54, 1.807) is 0 Å². The van der Waals surface area contributed by atoms with Crippen molar-refractivity contribution < 1.29 is 4.79 Å². The Morgan fingerprint density at radius 2 is 1.87 bits per heavy atom. The molecule has 2 aliphatic rings. The van der Waals surface area contributed by atoms with Crippen LogP contribution in [0.5, 0.6) is 0 Å². The van der Waals surface area contributed by atoms with E-state index < -0.39 is 0 Å². The minimum atomic E-state index is 0. The Morgan fingerprint density at radius 1 is 1.26 bits per heavy atom. The van der Waals surface area contributed by atoms with E-state index >= 15 is 0 Å². The van der Waals surface area contributed by atoms with Crippen molar-refractivity contribution in [3.8, 4) is 0 Å². The number of fused-ring (bicyclic) bond motifs is 1. The summed E-state index contributed by atoms with van der Waals surface area (Å²) >= 11 is 0. The van der Waals surface area contributed by atoms with Gasteiger partial charge < -0.3 is 15.5 Å². The van der Waals surface area contributed by atoms with Crippen molar-refractivity contribution in [2.24, 2.45) is 11.3 Å². The molecule has 138 valence electrons. The fourth-order valence-electron chi connectivity index (χ4n) is 3.98. The highest BCUT2D eigenvalue weighted by molar-refractivity contribution is 5.85. The van der Waals surface area contributed by atoms with Gasteiger partial charge in [-0.1, -0.05) is 26.7 Å². The predicted octanol–water partition coefficient (Wildman–Crippen LogP) is 2.84. The lowest BCUT2D eigenvalue weighted by atomic mass is 9.84. The number of nitrogens with zero attached hydrogens (tertiary/aromatic N) is 1. The average molecular weight is 368 g/mol. The van der Waals surface area contributed by atoms with Gasteiger partial charge >= 0.3 is 0 Å². The van der Waals surface area contributed by atoms with E-state index in [-0.39, 0.29) is 48.2 Å². The smallest absolute Gasteiger partial charge is 0.237 e. The van der Waals surface area contributed by atoms with Gasteiger partial charge in [-0.05, 0) is 51.6 Å². The average Bonchev–Trinajstić information content (AvgIpc) is 2.80. The maximum atomic E-state index is 12.5. The molecule has 1 heterocycles. The molecule has 6 heteroatoms. The molecule has 0 spiro atoms. The Labute approximate surface area is 154 Å². The molecule has 2 fully saturated rings. The van der Waals surface area contributed by atoms with Gasteiger partial charge in [0.15, 0.2) is 0 Å². The molecule has 0 aromatic heterocycles. The maximum Gasteiger partial charge on any atom is 0.237 e. The Hall–Kier alpha value is -0.0300. The molecule has 0 radical (unpaired) electrons. The lowest BCUT2D eigenvalue weighted by Crippen LogP contribution is -2.52. The number of halogens is 2. The first-order valence-electron chi connectivity index (χ1n) is 8.51. The third-order valence-electron chi connectivity index (χ3n) is 5.43. The van der Waals surface area contributed by atoms with Crippen molar-refractivity contribution in [1.29, 1.82) is 0 Å². The van der Waals surface area contributed by atoms with E-state index in [9.17, 15) is 4.79 Å². The number of hydrogen-bond acceptors (Lipinski definition) is 3. The summed E-state index contributed by atoms with van der Waals surface area (Å²) in [4.78, 5) is 14.7. The second kappa shape index (κ2) is 9.45. The summed E-state index contributed by atoms with van der Waals surface area (Å²) in [7, 11) is 4.17. The quantitative estimate of drug-likeness (QED) is 0.784. The third-order valence-corrected chi connectivity index (χ3v) is 5.43. The van der Waals surface area contributed by atoms with Crippen LogP contribution in [0.15, 0.2) is 0 Å². The van der Waals surface area contributed by atoms with Gasteiger partial charge in [0.05, 0.1) is 6.04 Å². The van der Waals surface area contributed by atoms with Crippen LogP contribution in [-0.2, 0) is 4.79 Å². The van der Waals surface area contributed by atoms with Crippen molar-refractivity contribution in [2.75, 3.05) is 20.6 Å². The van der Waals surface area contributed by atoms with Gasteiger partial charge in [0.1, 0.15) is 0 Å². The van der Waals surface area contributed by atoms with Gasteiger partial charge in [0.25, 0.3) is 0 Å². The molecular weight excluding hydrogens is 333 g/mol. The minimum absolute atomic E-state index is 0. The van der Waals surface area contributed by atoms with Crippen LogP contribution < -0.4 is 10.6 Å². The molecule has 4 nitrogen and oxygen atoms in total. The van der Waals surface area contributed by atoms with Crippen molar-refractivity contribution >= 4 is 30.7 Å². The predicted molar refractivity (Wildman–Crippen MR) is 102 cm³/mol. The van der Waals surface area contributed by atoms with Crippen LogP contribution in [0.3, 0.4) is 0 Å². The monoisotopic (exact) mass is 367 g/mol. The maximum absolute atomic E-state index is 12.5. The van der Waals surface area contributed by atoms with Crippen LogP contribution in [-0.4, -0.2) is 49.6 Å². The molecule has 1 aliphatic heterocycles. The minimum Gasteiger partial charge on any atom is -0.352 e. The normalized spacial score (nSPS) is 28.3. The highest BCUT2D eigenvalue weighted by atomic mass is 35.5. The summed E-state index contributed by atoms with van der Waals surface area (Å²) < 4.78 is 0. The Balaban J connectivity index is 0.00000242. The van der Waals surface area contributed by atoms with Crippen molar-refractivity contribution in [3.05, 3.63) is 0 Å². The second-order valence-corrected chi connectivity index (χ2v) is 8.06. The topological polar surface area (TPSA) is 44.4 Å². The number of carbonyl (C=O) groups is 1.